The van der Waals surface area contributed by atoms with Crippen LogP contribution in [0.5, 0.6) is 0 Å². The van der Waals surface area contributed by atoms with Gasteiger partial charge in [-0.3, -0.25) is 0 Å². The lowest BCUT2D eigenvalue weighted by Crippen LogP contribution is -2.32. The minimum absolute atomic E-state index is 0.134. The Morgan fingerprint density at radius 1 is 0.489 bits per heavy atom. The highest BCUT2D eigenvalue weighted by Gasteiger charge is 2.32. The Kier molecular flexibility index (Phi) is 7.10. The maximum Gasteiger partial charge on any atom is 0.0658 e. The summed E-state index contributed by atoms with van der Waals surface area (Å²) in [7, 11) is 0. The molecule has 0 radical (unpaired) electrons. The number of aryl methyl sites for hydroxylation is 4. The summed E-state index contributed by atoms with van der Waals surface area (Å²) in [5, 5.41) is 6.57. The molecule has 0 bridgehead atoms. The Morgan fingerprint density at radius 3 is 1.55 bits per heavy atom. The van der Waals surface area contributed by atoms with Crippen LogP contribution in [0.25, 0.3) is 27.6 Å². The lowest BCUT2D eigenvalue weighted by Gasteiger charge is -2.40. The van der Waals surface area contributed by atoms with Gasteiger partial charge in [-0.25, -0.2) is 0 Å². The van der Waals surface area contributed by atoms with E-state index in [0.717, 1.165) is 0 Å². The first-order chi connectivity index (χ1) is 22.9. The van der Waals surface area contributed by atoms with Crippen molar-refractivity contribution in [3.8, 4) is 0 Å². The summed E-state index contributed by atoms with van der Waals surface area (Å²) < 4.78 is 0. The van der Waals surface area contributed by atoms with Gasteiger partial charge in [0, 0.05) is 28.1 Å². The molecule has 0 aromatic heterocycles. The van der Waals surface area contributed by atoms with Gasteiger partial charge in [-0.2, -0.15) is 0 Å². The Hall–Kier alpha value is -5.34. The van der Waals surface area contributed by atoms with Crippen molar-refractivity contribution < 1.29 is 0 Å². The molecule has 2 nitrogen and oxygen atoms in total. The zero-order valence-corrected chi connectivity index (χ0v) is 27.8. The highest BCUT2D eigenvalue weighted by molar-refractivity contribution is 6.17. The molecule has 0 aliphatic heterocycles. The number of nitrogens with zero attached hydrogens (tertiary/aromatic N) is 2. The van der Waals surface area contributed by atoms with E-state index in [4.69, 9.17) is 0 Å². The van der Waals surface area contributed by atoms with Crippen molar-refractivity contribution in [2.45, 2.75) is 40.7 Å². The van der Waals surface area contributed by atoms with Crippen molar-refractivity contribution in [2.75, 3.05) is 9.80 Å². The van der Waals surface area contributed by atoms with E-state index in [1.54, 1.807) is 0 Å². The zero-order chi connectivity index (χ0) is 32.2. The van der Waals surface area contributed by atoms with E-state index < -0.39 is 0 Å². The first kappa shape index (κ1) is 29.1. The van der Waals surface area contributed by atoms with Crippen molar-refractivity contribution in [3.05, 3.63) is 166 Å². The molecule has 2 unspecified atom stereocenters. The van der Waals surface area contributed by atoms with Gasteiger partial charge in [0.25, 0.3) is 0 Å². The van der Waals surface area contributed by atoms with Gasteiger partial charge in [0.2, 0.25) is 0 Å². The first-order valence-corrected chi connectivity index (χ1v) is 16.7. The fourth-order valence-corrected chi connectivity index (χ4v) is 7.79. The molecule has 7 aromatic rings. The summed E-state index contributed by atoms with van der Waals surface area (Å²) in [6.07, 6.45) is 2.50. The second kappa shape index (κ2) is 11.5. The molecular weight excluding hydrogens is 569 g/mol. The second-order valence-corrected chi connectivity index (χ2v) is 13.4. The average molecular weight is 609 g/mol. The molecule has 8 rings (SSSR count). The van der Waals surface area contributed by atoms with Crippen LogP contribution in [0.1, 0.15) is 40.8 Å². The zero-order valence-electron chi connectivity index (χ0n) is 27.8. The molecule has 47 heavy (non-hydrogen) atoms. The summed E-state index contributed by atoms with van der Waals surface area (Å²) >= 11 is 0. The maximum absolute atomic E-state index is 2.57. The molecule has 230 valence electrons. The van der Waals surface area contributed by atoms with Crippen LogP contribution in [0.3, 0.4) is 0 Å². The van der Waals surface area contributed by atoms with Crippen molar-refractivity contribution >= 4 is 56.1 Å². The SMILES string of the molecule is Cc1cccc(N(c2cccc(C)c2)c2ccc3ccc4c5c(ccc2c35)=CC(C)C4N(c2cccc(C)c2)c2cccc(C)c2)c1. The molecule has 0 amide bonds. The van der Waals surface area contributed by atoms with E-state index in [2.05, 4.69) is 184 Å². The Balaban J connectivity index is 1.40. The summed E-state index contributed by atoms with van der Waals surface area (Å²) in [4.78, 5) is 5.01. The highest BCUT2D eigenvalue weighted by Crippen LogP contribution is 2.47. The third-order valence-corrected chi connectivity index (χ3v) is 9.81. The number of benzene rings is 7. The van der Waals surface area contributed by atoms with Crippen LogP contribution in [0.15, 0.2) is 133 Å². The fourth-order valence-electron chi connectivity index (χ4n) is 7.79. The van der Waals surface area contributed by atoms with Gasteiger partial charge in [0.05, 0.1) is 11.7 Å². The standard InChI is InChI=1S/C45H40N2/c1-29-10-6-14-36(24-29)46(37-15-7-11-30(2)25-37)42-23-20-34-18-22-41-44-35(19-21-40(42)43(34)44)28-33(5)45(41)47(38-16-8-12-31(3)26-38)39-17-9-13-32(4)27-39/h6-28,33,45H,1-5H3. The summed E-state index contributed by atoms with van der Waals surface area (Å²) in [6, 6.07) is 49.8. The minimum atomic E-state index is 0.134. The van der Waals surface area contributed by atoms with E-state index >= 15 is 0 Å². The van der Waals surface area contributed by atoms with Gasteiger partial charge < -0.3 is 9.80 Å². The predicted octanol–water partition coefficient (Wildman–Crippen LogP) is 11.7. The first-order valence-electron chi connectivity index (χ1n) is 16.7. The number of anilines is 5. The van der Waals surface area contributed by atoms with E-state index in [1.807, 2.05) is 0 Å². The number of hydrogen-bond acceptors (Lipinski definition) is 2. The predicted molar refractivity (Wildman–Crippen MR) is 202 cm³/mol. The Bertz CT molecular complexity index is 2260. The summed E-state index contributed by atoms with van der Waals surface area (Å²) in [6.45, 7) is 11.1. The molecule has 0 saturated heterocycles. The van der Waals surface area contributed by atoms with Crippen LogP contribution < -0.4 is 15.0 Å². The van der Waals surface area contributed by atoms with Gasteiger partial charge in [-0.15, -0.1) is 0 Å². The molecule has 0 heterocycles. The van der Waals surface area contributed by atoms with Crippen molar-refractivity contribution in [1.29, 1.82) is 0 Å². The van der Waals surface area contributed by atoms with Gasteiger partial charge in [-0.1, -0.05) is 91.9 Å². The smallest absolute Gasteiger partial charge is 0.0658 e. The van der Waals surface area contributed by atoms with E-state index in [-0.39, 0.29) is 6.04 Å². The summed E-state index contributed by atoms with van der Waals surface area (Å²) in [5.41, 5.74) is 12.4. The third kappa shape index (κ3) is 5.05. The topological polar surface area (TPSA) is 6.48 Å². The minimum Gasteiger partial charge on any atom is -0.333 e. The van der Waals surface area contributed by atoms with Crippen molar-refractivity contribution in [3.63, 3.8) is 0 Å². The molecular formula is C45H40N2. The Labute approximate surface area is 278 Å². The van der Waals surface area contributed by atoms with Gasteiger partial charge in [0.1, 0.15) is 0 Å². The number of rotatable bonds is 6. The van der Waals surface area contributed by atoms with Crippen LogP contribution in [-0.4, -0.2) is 0 Å². The molecule has 7 aromatic carbocycles. The van der Waals surface area contributed by atoms with Gasteiger partial charge >= 0.3 is 0 Å². The van der Waals surface area contributed by atoms with Crippen molar-refractivity contribution in [1.82, 2.24) is 0 Å². The molecule has 1 aliphatic rings. The normalized spacial score (nSPS) is 15.5. The lowest BCUT2D eigenvalue weighted by molar-refractivity contribution is 0.576. The van der Waals surface area contributed by atoms with Crippen LogP contribution in [0, 0.1) is 33.6 Å². The van der Waals surface area contributed by atoms with Crippen LogP contribution in [0.2, 0.25) is 0 Å². The van der Waals surface area contributed by atoms with Gasteiger partial charge in [0.15, 0.2) is 0 Å². The van der Waals surface area contributed by atoms with Crippen LogP contribution >= 0.6 is 0 Å². The molecule has 2 heteroatoms. The third-order valence-electron chi connectivity index (χ3n) is 9.81. The second-order valence-electron chi connectivity index (χ2n) is 13.4. The molecule has 2 atom stereocenters. The lowest BCUT2D eigenvalue weighted by atomic mass is 9.81. The number of hydrogen-bond donors (Lipinski definition) is 0. The fraction of sp³-hybridized carbons (Fsp3) is 0.156. The molecule has 0 fully saturated rings. The molecule has 0 spiro atoms. The maximum atomic E-state index is 2.57. The average Bonchev–Trinajstić information content (AvgIpc) is 3.05. The Morgan fingerprint density at radius 2 is 1.00 bits per heavy atom. The van der Waals surface area contributed by atoms with E-state index in [9.17, 15) is 0 Å². The van der Waals surface area contributed by atoms with Gasteiger partial charge in [-0.05, 0) is 137 Å². The highest BCUT2D eigenvalue weighted by atomic mass is 15.2. The molecule has 0 saturated carbocycles. The monoisotopic (exact) mass is 608 g/mol. The van der Waals surface area contributed by atoms with Crippen molar-refractivity contribution in [2.24, 2.45) is 5.92 Å². The van der Waals surface area contributed by atoms with E-state index in [0.29, 0.717) is 5.92 Å². The van der Waals surface area contributed by atoms with Crippen LogP contribution in [-0.2, 0) is 0 Å². The van der Waals surface area contributed by atoms with E-state index in [1.165, 1.54) is 83.0 Å². The quantitative estimate of drug-likeness (QED) is 0.185. The summed E-state index contributed by atoms with van der Waals surface area (Å²) in [5.74, 6) is 0.293. The largest absolute Gasteiger partial charge is 0.333 e. The van der Waals surface area contributed by atoms with Crippen LogP contribution in [0.4, 0.5) is 28.4 Å². The molecule has 1 aliphatic carbocycles. The molecule has 0 N–H and O–H groups in total.